The Labute approximate surface area is 94.0 Å². The monoisotopic (exact) mass is 221 g/mol. The molecule has 0 spiro atoms. The highest BCUT2D eigenvalue weighted by atomic mass is 16.5. The largest absolute Gasteiger partial charge is 0.481 e. The molecule has 0 aliphatic heterocycles. The molecule has 1 aliphatic rings. The van der Waals surface area contributed by atoms with Crippen molar-refractivity contribution in [1.29, 1.82) is 0 Å². The Morgan fingerprint density at radius 1 is 1.69 bits per heavy atom. The lowest BCUT2D eigenvalue weighted by Crippen LogP contribution is -2.42. The van der Waals surface area contributed by atoms with Crippen LogP contribution < -0.4 is 15.8 Å². The maximum Gasteiger partial charge on any atom is 0.240 e. The van der Waals surface area contributed by atoms with E-state index >= 15 is 0 Å². The minimum atomic E-state index is -0.630. The van der Waals surface area contributed by atoms with Gasteiger partial charge in [0, 0.05) is 18.3 Å². The van der Waals surface area contributed by atoms with E-state index in [-0.39, 0.29) is 5.91 Å². The highest BCUT2D eigenvalue weighted by molar-refractivity contribution is 5.88. The Hall–Kier alpha value is -1.62. The average Bonchev–Trinajstić information content (AvgIpc) is 3.06. The predicted octanol–water partition coefficient (Wildman–Crippen LogP) is 0.198. The molecule has 0 bridgehead atoms. The Bertz CT molecular complexity index is 402. The van der Waals surface area contributed by atoms with Gasteiger partial charge in [-0.05, 0) is 18.9 Å². The third-order valence-corrected chi connectivity index (χ3v) is 2.72. The fourth-order valence-corrected chi connectivity index (χ4v) is 1.46. The predicted molar refractivity (Wildman–Crippen MR) is 58.8 cm³/mol. The van der Waals surface area contributed by atoms with Crippen molar-refractivity contribution in [2.75, 3.05) is 7.11 Å². The van der Waals surface area contributed by atoms with Crippen LogP contribution in [0.4, 0.5) is 0 Å². The van der Waals surface area contributed by atoms with Crippen molar-refractivity contribution in [3.05, 3.63) is 23.9 Å². The Morgan fingerprint density at radius 2 is 2.44 bits per heavy atom. The Balaban J connectivity index is 1.96. The van der Waals surface area contributed by atoms with Crippen molar-refractivity contribution >= 4 is 5.91 Å². The number of hydrogen-bond donors (Lipinski definition) is 2. The third-order valence-electron chi connectivity index (χ3n) is 2.72. The van der Waals surface area contributed by atoms with Gasteiger partial charge in [0.25, 0.3) is 0 Å². The van der Waals surface area contributed by atoms with E-state index in [1.54, 1.807) is 19.4 Å². The summed E-state index contributed by atoms with van der Waals surface area (Å²) in [5, 5.41) is 2.79. The van der Waals surface area contributed by atoms with Crippen molar-refractivity contribution in [2.45, 2.75) is 24.9 Å². The average molecular weight is 221 g/mol. The molecule has 1 aromatic rings. The number of carbonyl (C=O) groups is 1. The molecular weight excluding hydrogens is 206 g/mol. The second kappa shape index (κ2) is 4.09. The SMILES string of the molecule is COc1ncccc1CNC(=O)C1(N)CC1. The molecule has 1 aromatic heterocycles. The summed E-state index contributed by atoms with van der Waals surface area (Å²) < 4.78 is 5.09. The maximum atomic E-state index is 11.6. The molecule has 86 valence electrons. The number of rotatable bonds is 4. The van der Waals surface area contributed by atoms with Crippen LogP contribution in [0.3, 0.4) is 0 Å². The molecule has 1 aliphatic carbocycles. The molecule has 0 radical (unpaired) electrons. The lowest BCUT2D eigenvalue weighted by Gasteiger charge is -2.11. The molecular formula is C11H15N3O2. The van der Waals surface area contributed by atoms with Gasteiger partial charge in [-0.15, -0.1) is 0 Å². The van der Waals surface area contributed by atoms with Gasteiger partial charge in [-0.1, -0.05) is 6.07 Å². The summed E-state index contributed by atoms with van der Waals surface area (Å²) >= 11 is 0. The van der Waals surface area contributed by atoms with Crippen LogP contribution in [0.25, 0.3) is 0 Å². The molecule has 0 saturated heterocycles. The van der Waals surface area contributed by atoms with Crippen LogP contribution in [-0.4, -0.2) is 23.5 Å². The number of methoxy groups -OCH3 is 1. The maximum absolute atomic E-state index is 11.6. The molecule has 5 nitrogen and oxygen atoms in total. The smallest absolute Gasteiger partial charge is 0.240 e. The molecule has 1 heterocycles. The van der Waals surface area contributed by atoms with Crippen molar-refractivity contribution in [1.82, 2.24) is 10.3 Å². The molecule has 2 rings (SSSR count). The van der Waals surface area contributed by atoms with Crippen molar-refractivity contribution in [3.63, 3.8) is 0 Å². The normalized spacial score (nSPS) is 16.6. The fourth-order valence-electron chi connectivity index (χ4n) is 1.46. The summed E-state index contributed by atoms with van der Waals surface area (Å²) in [6, 6.07) is 3.67. The molecule has 16 heavy (non-hydrogen) atoms. The zero-order valence-corrected chi connectivity index (χ0v) is 9.19. The van der Waals surface area contributed by atoms with Crippen LogP contribution in [0.1, 0.15) is 18.4 Å². The highest BCUT2D eigenvalue weighted by Crippen LogP contribution is 2.32. The first-order valence-corrected chi connectivity index (χ1v) is 5.21. The first kappa shape index (κ1) is 10.9. The zero-order chi connectivity index (χ0) is 11.6. The van der Waals surface area contributed by atoms with Gasteiger partial charge in [0.15, 0.2) is 0 Å². The highest BCUT2D eigenvalue weighted by Gasteiger charge is 2.45. The number of nitrogens with one attached hydrogen (secondary N) is 1. The fraction of sp³-hybridized carbons (Fsp3) is 0.455. The van der Waals surface area contributed by atoms with E-state index in [4.69, 9.17) is 10.5 Å². The molecule has 0 unspecified atom stereocenters. The van der Waals surface area contributed by atoms with Crippen LogP contribution in [0.2, 0.25) is 0 Å². The van der Waals surface area contributed by atoms with Crippen LogP contribution >= 0.6 is 0 Å². The summed E-state index contributed by atoms with van der Waals surface area (Å²) in [6.45, 7) is 0.398. The van der Waals surface area contributed by atoms with Crippen molar-refractivity contribution < 1.29 is 9.53 Å². The number of carbonyl (C=O) groups excluding carboxylic acids is 1. The lowest BCUT2D eigenvalue weighted by atomic mass is 10.2. The topological polar surface area (TPSA) is 77.2 Å². The van der Waals surface area contributed by atoms with Gasteiger partial charge >= 0.3 is 0 Å². The number of ether oxygens (including phenoxy) is 1. The van der Waals surface area contributed by atoms with E-state index < -0.39 is 5.54 Å². The van der Waals surface area contributed by atoms with E-state index in [1.165, 1.54) is 0 Å². The first-order chi connectivity index (χ1) is 7.65. The van der Waals surface area contributed by atoms with E-state index in [9.17, 15) is 4.79 Å². The molecule has 0 aromatic carbocycles. The van der Waals surface area contributed by atoms with E-state index in [2.05, 4.69) is 10.3 Å². The third kappa shape index (κ3) is 2.14. The van der Waals surface area contributed by atoms with Crippen molar-refractivity contribution in [2.24, 2.45) is 5.73 Å². The van der Waals surface area contributed by atoms with E-state index in [0.717, 1.165) is 18.4 Å². The van der Waals surface area contributed by atoms with Gasteiger partial charge in [0.1, 0.15) is 0 Å². The number of nitrogens with zero attached hydrogens (tertiary/aromatic N) is 1. The number of aromatic nitrogens is 1. The zero-order valence-electron chi connectivity index (χ0n) is 9.19. The second-order valence-electron chi connectivity index (χ2n) is 4.01. The quantitative estimate of drug-likeness (QED) is 0.761. The number of nitrogens with two attached hydrogens (primary N) is 1. The number of hydrogen-bond acceptors (Lipinski definition) is 4. The van der Waals surface area contributed by atoms with Gasteiger partial charge in [-0.2, -0.15) is 0 Å². The molecule has 1 saturated carbocycles. The summed E-state index contributed by atoms with van der Waals surface area (Å²) in [7, 11) is 1.55. The minimum absolute atomic E-state index is 0.0987. The van der Waals surface area contributed by atoms with Crippen LogP contribution in [0.5, 0.6) is 5.88 Å². The van der Waals surface area contributed by atoms with Crippen molar-refractivity contribution in [3.8, 4) is 5.88 Å². The van der Waals surface area contributed by atoms with Gasteiger partial charge in [0.05, 0.1) is 12.6 Å². The molecule has 1 fully saturated rings. The van der Waals surface area contributed by atoms with Gasteiger partial charge in [-0.3, -0.25) is 4.79 Å². The van der Waals surface area contributed by atoms with Crippen LogP contribution in [0.15, 0.2) is 18.3 Å². The number of amides is 1. The molecule has 1 amide bonds. The standard InChI is InChI=1S/C11H15N3O2/c1-16-9-8(3-2-6-13-9)7-14-10(15)11(12)4-5-11/h2-3,6H,4-5,7,12H2,1H3,(H,14,15). The van der Waals surface area contributed by atoms with E-state index in [0.29, 0.717) is 12.4 Å². The Kier molecular flexibility index (Phi) is 2.78. The Morgan fingerprint density at radius 3 is 3.06 bits per heavy atom. The van der Waals surface area contributed by atoms with Gasteiger partial charge < -0.3 is 15.8 Å². The lowest BCUT2D eigenvalue weighted by molar-refractivity contribution is -0.123. The molecule has 3 N–H and O–H groups in total. The van der Waals surface area contributed by atoms with Crippen LogP contribution in [-0.2, 0) is 11.3 Å². The summed E-state index contributed by atoms with van der Waals surface area (Å²) in [5.41, 5.74) is 5.99. The van der Waals surface area contributed by atoms with Gasteiger partial charge in [-0.25, -0.2) is 4.98 Å². The second-order valence-corrected chi connectivity index (χ2v) is 4.01. The summed E-state index contributed by atoms with van der Waals surface area (Å²) in [5.74, 6) is 0.433. The molecule has 0 atom stereocenters. The summed E-state index contributed by atoms with van der Waals surface area (Å²) in [4.78, 5) is 15.7. The first-order valence-electron chi connectivity index (χ1n) is 5.21. The van der Waals surface area contributed by atoms with Gasteiger partial charge in [0.2, 0.25) is 11.8 Å². The number of pyridine rings is 1. The summed E-state index contributed by atoms with van der Waals surface area (Å²) in [6.07, 6.45) is 3.18. The minimum Gasteiger partial charge on any atom is -0.481 e. The van der Waals surface area contributed by atoms with E-state index in [1.807, 2.05) is 6.07 Å². The van der Waals surface area contributed by atoms with Crippen LogP contribution in [0, 0.1) is 0 Å². The molecule has 5 heteroatoms.